The minimum Gasteiger partial charge on any atom is -0.388 e. The van der Waals surface area contributed by atoms with Gasteiger partial charge in [-0.15, -0.1) is 0 Å². The summed E-state index contributed by atoms with van der Waals surface area (Å²) in [5.74, 6) is 0.748. The van der Waals surface area contributed by atoms with Crippen molar-refractivity contribution >= 4 is 5.91 Å². The zero-order valence-electron chi connectivity index (χ0n) is 12.5. The van der Waals surface area contributed by atoms with Crippen molar-refractivity contribution < 1.29 is 9.90 Å². The molecule has 0 heterocycles. The second kappa shape index (κ2) is 5.82. The SMILES string of the molecule is CC(C)CC1(C(=O)NCC2(O)CCCC2)CCCC1. The van der Waals surface area contributed by atoms with Crippen LogP contribution in [-0.4, -0.2) is 23.2 Å². The number of carbonyl (C=O) groups excluding carboxylic acids is 1. The zero-order chi connectivity index (χ0) is 13.9. The molecule has 0 saturated heterocycles. The van der Waals surface area contributed by atoms with Crippen LogP contribution in [0.3, 0.4) is 0 Å². The van der Waals surface area contributed by atoms with Crippen LogP contribution in [-0.2, 0) is 4.79 Å². The first-order valence-corrected chi connectivity index (χ1v) is 7.97. The van der Waals surface area contributed by atoms with E-state index in [4.69, 9.17) is 0 Å². The number of nitrogens with one attached hydrogen (secondary N) is 1. The highest BCUT2D eigenvalue weighted by atomic mass is 16.3. The van der Waals surface area contributed by atoms with E-state index in [0.717, 1.165) is 44.9 Å². The largest absolute Gasteiger partial charge is 0.388 e. The molecule has 3 heteroatoms. The number of rotatable bonds is 5. The Morgan fingerprint density at radius 2 is 1.63 bits per heavy atom. The first-order valence-electron chi connectivity index (χ1n) is 7.97. The summed E-state index contributed by atoms with van der Waals surface area (Å²) in [4.78, 5) is 12.6. The Bertz CT molecular complexity index is 313. The summed E-state index contributed by atoms with van der Waals surface area (Å²) < 4.78 is 0. The molecule has 0 aliphatic heterocycles. The average Bonchev–Trinajstić information content (AvgIpc) is 2.96. The Morgan fingerprint density at radius 1 is 1.11 bits per heavy atom. The molecule has 2 aliphatic rings. The van der Waals surface area contributed by atoms with Gasteiger partial charge in [0, 0.05) is 12.0 Å². The van der Waals surface area contributed by atoms with Gasteiger partial charge in [-0.3, -0.25) is 4.79 Å². The Morgan fingerprint density at radius 3 is 2.16 bits per heavy atom. The van der Waals surface area contributed by atoms with Gasteiger partial charge in [0.05, 0.1) is 5.60 Å². The van der Waals surface area contributed by atoms with Gasteiger partial charge in [-0.1, -0.05) is 39.5 Å². The third kappa shape index (κ3) is 3.50. The molecule has 0 unspecified atom stereocenters. The van der Waals surface area contributed by atoms with E-state index in [9.17, 15) is 9.90 Å². The molecule has 2 saturated carbocycles. The molecule has 2 aliphatic carbocycles. The van der Waals surface area contributed by atoms with E-state index in [2.05, 4.69) is 19.2 Å². The monoisotopic (exact) mass is 267 g/mol. The third-order valence-electron chi connectivity index (χ3n) is 4.95. The lowest BCUT2D eigenvalue weighted by atomic mass is 9.77. The fraction of sp³-hybridized carbons (Fsp3) is 0.938. The van der Waals surface area contributed by atoms with Crippen LogP contribution in [0.15, 0.2) is 0 Å². The van der Waals surface area contributed by atoms with Crippen molar-refractivity contribution in [2.24, 2.45) is 11.3 Å². The molecule has 2 fully saturated rings. The molecule has 0 aromatic carbocycles. The molecule has 0 aromatic heterocycles. The van der Waals surface area contributed by atoms with E-state index >= 15 is 0 Å². The van der Waals surface area contributed by atoms with Crippen molar-refractivity contribution in [2.45, 2.75) is 77.2 Å². The van der Waals surface area contributed by atoms with Crippen molar-refractivity contribution in [3.05, 3.63) is 0 Å². The lowest BCUT2D eigenvalue weighted by molar-refractivity contribution is -0.133. The summed E-state index contributed by atoms with van der Waals surface area (Å²) in [5, 5.41) is 13.4. The molecule has 2 rings (SSSR count). The summed E-state index contributed by atoms with van der Waals surface area (Å²) in [6.45, 7) is 4.83. The number of hydrogen-bond donors (Lipinski definition) is 2. The first-order chi connectivity index (χ1) is 8.96. The Kier molecular flexibility index (Phi) is 4.54. The third-order valence-corrected chi connectivity index (χ3v) is 4.95. The van der Waals surface area contributed by atoms with Crippen LogP contribution in [0.2, 0.25) is 0 Å². The van der Waals surface area contributed by atoms with Crippen molar-refractivity contribution in [2.75, 3.05) is 6.54 Å². The van der Waals surface area contributed by atoms with E-state index in [0.29, 0.717) is 12.5 Å². The maximum absolute atomic E-state index is 12.6. The summed E-state index contributed by atoms with van der Waals surface area (Å²) in [5.41, 5.74) is -0.781. The van der Waals surface area contributed by atoms with Gasteiger partial charge in [0.1, 0.15) is 0 Å². The molecule has 0 bridgehead atoms. The van der Waals surface area contributed by atoms with Gasteiger partial charge >= 0.3 is 0 Å². The van der Waals surface area contributed by atoms with E-state index in [1.54, 1.807) is 0 Å². The summed E-state index contributed by atoms with van der Waals surface area (Å²) in [6.07, 6.45) is 9.22. The maximum Gasteiger partial charge on any atom is 0.226 e. The van der Waals surface area contributed by atoms with Gasteiger partial charge in [-0.05, 0) is 38.0 Å². The van der Waals surface area contributed by atoms with Crippen LogP contribution in [0.4, 0.5) is 0 Å². The molecule has 0 aromatic rings. The molecular weight excluding hydrogens is 238 g/mol. The van der Waals surface area contributed by atoms with Gasteiger partial charge in [0.2, 0.25) is 5.91 Å². The zero-order valence-corrected chi connectivity index (χ0v) is 12.5. The average molecular weight is 267 g/mol. The van der Waals surface area contributed by atoms with Crippen molar-refractivity contribution in [3.8, 4) is 0 Å². The maximum atomic E-state index is 12.6. The lowest BCUT2D eigenvalue weighted by Crippen LogP contribution is -2.47. The number of aliphatic hydroxyl groups is 1. The Balaban J connectivity index is 1.92. The van der Waals surface area contributed by atoms with Crippen molar-refractivity contribution in [1.29, 1.82) is 0 Å². The van der Waals surface area contributed by atoms with Crippen LogP contribution in [0, 0.1) is 11.3 Å². The molecule has 3 nitrogen and oxygen atoms in total. The van der Waals surface area contributed by atoms with Crippen LogP contribution in [0.25, 0.3) is 0 Å². The van der Waals surface area contributed by atoms with Crippen LogP contribution in [0.1, 0.15) is 71.6 Å². The highest BCUT2D eigenvalue weighted by Crippen LogP contribution is 2.43. The number of hydrogen-bond acceptors (Lipinski definition) is 2. The predicted octanol–water partition coefficient (Wildman–Crippen LogP) is 3.01. The lowest BCUT2D eigenvalue weighted by Gasteiger charge is -2.31. The van der Waals surface area contributed by atoms with Gasteiger partial charge in [-0.25, -0.2) is 0 Å². The Hall–Kier alpha value is -0.570. The first kappa shape index (κ1) is 14.8. The minimum atomic E-state index is -0.632. The van der Waals surface area contributed by atoms with Crippen LogP contribution in [0.5, 0.6) is 0 Å². The second-order valence-electron chi connectivity index (χ2n) is 7.20. The molecule has 0 radical (unpaired) electrons. The van der Waals surface area contributed by atoms with Crippen LogP contribution >= 0.6 is 0 Å². The van der Waals surface area contributed by atoms with Gasteiger partial charge in [0.25, 0.3) is 0 Å². The smallest absolute Gasteiger partial charge is 0.226 e. The van der Waals surface area contributed by atoms with E-state index in [-0.39, 0.29) is 11.3 Å². The quantitative estimate of drug-likeness (QED) is 0.804. The second-order valence-corrected chi connectivity index (χ2v) is 7.20. The molecule has 0 atom stereocenters. The fourth-order valence-electron chi connectivity index (χ4n) is 4.00. The molecular formula is C16H29NO2. The van der Waals surface area contributed by atoms with Crippen molar-refractivity contribution in [3.63, 3.8) is 0 Å². The van der Waals surface area contributed by atoms with E-state index in [1.807, 2.05) is 0 Å². The predicted molar refractivity (Wildman–Crippen MR) is 76.8 cm³/mol. The fourth-order valence-corrected chi connectivity index (χ4v) is 4.00. The summed E-state index contributed by atoms with van der Waals surface area (Å²) in [6, 6.07) is 0. The van der Waals surface area contributed by atoms with Gasteiger partial charge in [-0.2, -0.15) is 0 Å². The topological polar surface area (TPSA) is 49.3 Å². The minimum absolute atomic E-state index is 0.150. The molecule has 2 N–H and O–H groups in total. The molecule has 110 valence electrons. The van der Waals surface area contributed by atoms with Crippen LogP contribution < -0.4 is 5.32 Å². The summed E-state index contributed by atoms with van der Waals surface area (Å²) >= 11 is 0. The molecule has 19 heavy (non-hydrogen) atoms. The standard InChI is InChI=1S/C16H29NO2/c1-13(2)11-15(7-3-4-8-15)14(18)17-12-16(19)9-5-6-10-16/h13,19H,3-12H2,1-2H3,(H,17,18). The highest BCUT2D eigenvalue weighted by molar-refractivity contribution is 5.83. The molecule has 1 amide bonds. The van der Waals surface area contributed by atoms with E-state index < -0.39 is 5.60 Å². The van der Waals surface area contributed by atoms with Gasteiger partial charge in [0.15, 0.2) is 0 Å². The molecule has 0 spiro atoms. The number of amides is 1. The van der Waals surface area contributed by atoms with Gasteiger partial charge < -0.3 is 10.4 Å². The Labute approximate surface area is 117 Å². The van der Waals surface area contributed by atoms with E-state index in [1.165, 1.54) is 12.8 Å². The normalized spacial score (nSPS) is 24.8. The number of carbonyl (C=O) groups is 1. The highest BCUT2D eigenvalue weighted by Gasteiger charge is 2.42. The summed E-state index contributed by atoms with van der Waals surface area (Å²) in [7, 11) is 0. The van der Waals surface area contributed by atoms with Crippen molar-refractivity contribution in [1.82, 2.24) is 5.32 Å².